The molecule has 1 heterocycles. The molecule has 0 radical (unpaired) electrons. The molecule has 7 heteroatoms. The molecule has 3 fully saturated rings. The zero-order valence-electron chi connectivity index (χ0n) is 13.1. The van der Waals surface area contributed by atoms with Crippen molar-refractivity contribution in [2.75, 3.05) is 13.9 Å². The van der Waals surface area contributed by atoms with Crippen molar-refractivity contribution < 1.29 is 28.8 Å². The first-order valence-corrected chi connectivity index (χ1v) is 7.98. The molecule has 0 aromatic heterocycles. The van der Waals surface area contributed by atoms with E-state index in [2.05, 4.69) is 5.32 Å². The fourth-order valence-electron chi connectivity index (χ4n) is 3.85. The summed E-state index contributed by atoms with van der Waals surface area (Å²) in [7, 11) is 1.53. The van der Waals surface area contributed by atoms with E-state index in [4.69, 9.17) is 18.9 Å². The molecule has 1 amide bonds. The zero-order chi connectivity index (χ0) is 15.7. The molecule has 7 nitrogen and oxygen atoms in total. The first kappa shape index (κ1) is 16.1. The fraction of sp³-hybridized carbons (Fsp3) is 0.933. The molecule has 1 aliphatic heterocycles. The second-order valence-corrected chi connectivity index (χ2v) is 6.39. The summed E-state index contributed by atoms with van der Waals surface area (Å²) in [5.74, 6) is -0.813. The first-order valence-electron chi connectivity index (χ1n) is 7.98. The lowest BCUT2D eigenvalue weighted by atomic mass is 9.94. The summed E-state index contributed by atoms with van der Waals surface area (Å²) in [5, 5.41) is 13.3. The molecule has 0 aromatic rings. The summed E-state index contributed by atoms with van der Waals surface area (Å²) in [4.78, 5) is 11.4. The van der Waals surface area contributed by atoms with Gasteiger partial charge in [0.2, 0.25) is 5.91 Å². The number of aliphatic hydroxyl groups excluding tert-OH is 1. The van der Waals surface area contributed by atoms with Gasteiger partial charge in [-0.1, -0.05) is 6.42 Å². The Morgan fingerprint density at radius 1 is 1.27 bits per heavy atom. The highest BCUT2D eigenvalue weighted by Gasteiger charge is 2.61. The van der Waals surface area contributed by atoms with Crippen LogP contribution in [0.2, 0.25) is 0 Å². The van der Waals surface area contributed by atoms with Gasteiger partial charge in [-0.25, -0.2) is 0 Å². The van der Waals surface area contributed by atoms with E-state index in [1.807, 2.05) is 0 Å². The lowest BCUT2D eigenvalue weighted by Gasteiger charge is -2.35. The van der Waals surface area contributed by atoms with Crippen LogP contribution in [0, 0.1) is 0 Å². The number of carbonyl (C=O) groups excluding carboxylic acids is 1. The molecule has 2 aliphatic carbocycles. The average Bonchev–Trinajstić information content (AvgIpc) is 2.94. The smallest absolute Gasteiger partial charge is 0.217 e. The van der Waals surface area contributed by atoms with Gasteiger partial charge in [0.25, 0.3) is 0 Å². The highest BCUT2D eigenvalue weighted by molar-refractivity contribution is 5.73. The number of nitrogens with one attached hydrogen (secondary N) is 1. The van der Waals surface area contributed by atoms with E-state index in [-0.39, 0.29) is 18.8 Å². The number of aliphatic hydroxyl groups is 1. The minimum atomic E-state index is -0.850. The normalized spacial score (nSPS) is 39.9. The molecular formula is C15H25NO6. The maximum Gasteiger partial charge on any atom is 0.217 e. The summed E-state index contributed by atoms with van der Waals surface area (Å²) < 4.78 is 22.9. The maximum absolute atomic E-state index is 11.4. The van der Waals surface area contributed by atoms with Gasteiger partial charge in [0.1, 0.15) is 31.2 Å². The van der Waals surface area contributed by atoms with E-state index >= 15 is 0 Å². The van der Waals surface area contributed by atoms with Gasteiger partial charge in [0.15, 0.2) is 5.79 Å². The third kappa shape index (κ3) is 2.88. The molecule has 22 heavy (non-hydrogen) atoms. The number of carbonyl (C=O) groups is 1. The van der Waals surface area contributed by atoms with Gasteiger partial charge in [-0.3, -0.25) is 4.79 Å². The van der Waals surface area contributed by atoms with Crippen molar-refractivity contribution in [2.24, 2.45) is 0 Å². The molecule has 2 saturated carbocycles. The predicted octanol–water partition coefficient (Wildman–Crippen LogP) is 0.299. The predicted molar refractivity (Wildman–Crippen MR) is 75.9 cm³/mol. The van der Waals surface area contributed by atoms with Gasteiger partial charge >= 0.3 is 0 Å². The van der Waals surface area contributed by atoms with Crippen molar-refractivity contribution in [3.8, 4) is 0 Å². The largest absolute Gasteiger partial charge is 0.388 e. The standard InChI is InChI=1S/C15H25NO6/c1-9(17)16-10-11(18)13-14(12(10)20-8-19-2)22-15(21-13)6-4-3-5-7-15/h10-14,18H,3-8H2,1-2H3,(H,16,17)/t10-,11+,12-,13+,14-/m1/s1. The van der Waals surface area contributed by atoms with E-state index < -0.39 is 30.1 Å². The summed E-state index contributed by atoms with van der Waals surface area (Å²) in [6.45, 7) is 1.49. The SMILES string of the molecule is COCO[C@@H]1[C@H](NC(C)=O)[C@H](O)[C@@H]2OC3(CCCCC3)O[C@H]12. The molecule has 0 bridgehead atoms. The average molecular weight is 315 g/mol. The quantitative estimate of drug-likeness (QED) is 0.726. The molecule has 0 unspecified atom stereocenters. The minimum Gasteiger partial charge on any atom is -0.388 e. The topological polar surface area (TPSA) is 86.3 Å². The molecule has 3 aliphatic rings. The molecular weight excluding hydrogens is 290 g/mol. The second-order valence-electron chi connectivity index (χ2n) is 6.39. The third-order valence-corrected chi connectivity index (χ3v) is 4.77. The Kier molecular flexibility index (Phi) is 4.70. The monoisotopic (exact) mass is 315 g/mol. The Bertz CT molecular complexity index is 411. The number of amides is 1. The van der Waals surface area contributed by atoms with Crippen molar-refractivity contribution in [3.63, 3.8) is 0 Å². The molecule has 1 saturated heterocycles. The number of hydrogen-bond donors (Lipinski definition) is 2. The van der Waals surface area contributed by atoms with E-state index in [9.17, 15) is 9.90 Å². The van der Waals surface area contributed by atoms with E-state index in [0.717, 1.165) is 25.7 Å². The van der Waals surface area contributed by atoms with Crippen LogP contribution in [0.4, 0.5) is 0 Å². The van der Waals surface area contributed by atoms with Crippen LogP contribution in [0.15, 0.2) is 0 Å². The van der Waals surface area contributed by atoms with Crippen LogP contribution >= 0.6 is 0 Å². The van der Waals surface area contributed by atoms with Crippen LogP contribution in [0.3, 0.4) is 0 Å². The van der Waals surface area contributed by atoms with Crippen LogP contribution in [-0.2, 0) is 23.7 Å². The lowest BCUT2D eigenvalue weighted by Crippen LogP contribution is -2.51. The Morgan fingerprint density at radius 2 is 1.95 bits per heavy atom. The van der Waals surface area contributed by atoms with Crippen molar-refractivity contribution in [3.05, 3.63) is 0 Å². The van der Waals surface area contributed by atoms with E-state index in [1.54, 1.807) is 0 Å². The highest BCUT2D eigenvalue weighted by atomic mass is 16.8. The maximum atomic E-state index is 11.4. The van der Waals surface area contributed by atoms with E-state index in [1.165, 1.54) is 20.5 Å². The van der Waals surface area contributed by atoms with Gasteiger partial charge in [-0.15, -0.1) is 0 Å². The number of hydrogen-bond acceptors (Lipinski definition) is 6. The second kappa shape index (κ2) is 6.41. The molecule has 3 rings (SSSR count). The number of fused-ring (bicyclic) bond motifs is 1. The van der Waals surface area contributed by atoms with Crippen molar-refractivity contribution in [2.45, 2.75) is 75.3 Å². The van der Waals surface area contributed by atoms with Gasteiger partial charge in [0.05, 0.1) is 6.04 Å². The number of methoxy groups -OCH3 is 1. The van der Waals surface area contributed by atoms with Crippen molar-refractivity contribution in [1.29, 1.82) is 0 Å². The first-order chi connectivity index (χ1) is 10.6. The Morgan fingerprint density at radius 3 is 2.59 bits per heavy atom. The molecule has 126 valence electrons. The van der Waals surface area contributed by atoms with Crippen LogP contribution in [-0.4, -0.2) is 61.2 Å². The molecule has 1 spiro atoms. The Balaban J connectivity index is 1.76. The van der Waals surface area contributed by atoms with Crippen molar-refractivity contribution >= 4 is 5.91 Å². The van der Waals surface area contributed by atoms with E-state index in [0.29, 0.717) is 0 Å². The molecule has 5 atom stereocenters. The zero-order valence-corrected chi connectivity index (χ0v) is 13.1. The minimum absolute atomic E-state index is 0.0764. The third-order valence-electron chi connectivity index (χ3n) is 4.77. The Hall–Kier alpha value is -0.730. The summed E-state index contributed by atoms with van der Waals surface area (Å²) in [6, 6.07) is -0.552. The van der Waals surface area contributed by atoms with Gasteiger partial charge in [-0.2, -0.15) is 0 Å². The number of rotatable bonds is 4. The van der Waals surface area contributed by atoms with Crippen LogP contribution in [0.25, 0.3) is 0 Å². The summed E-state index contributed by atoms with van der Waals surface area (Å²) >= 11 is 0. The summed E-state index contributed by atoms with van der Waals surface area (Å²) in [5.41, 5.74) is 0. The highest BCUT2D eigenvalue weighted by Crippen LogP contribution is 2.46. The van der Waals surface area contributed by atoms with Gasteiger partial charge in [-0.05, 0) is 12.8 Å². The van der Waals surface area contributed by atoms with Crippen LogP contribution < -0.4 is 5.32 Å². The molecule has 2 N–H and O–H groups in total. The Labute approximate surface area is 130 Å². The number of ether oxygens (including phenoxy) is 4. The van der Waals surface area contributed by atoms with Gasteiger partial charge in [0, 0.05) is 26.9 Å². The summed E-state index contributed by atoms with van der Waals surface area (Å²) in [6.07, 6.45) is 2.80. The van der Waals surface area contributed by atoms with Crippen LogP contribution in [0.5, 0.6) is 0 Å². The van der Waals surface area contributed by atoms with Gasteiger partial charge < -0.3 is 29.4 Å². The fourth-order valence-corrected chi connectivity index (χ4v) is 3.85. The van der Waals surface area contributed by atoms with Crippen molar-refractivity contribution in [1.82, 2.24) is 5.32 Å². The van der Waals surface area contributed by atoms with Crippen LogP contribution in [0.1, 0.15) is 39.0 Å². The molecule has 0 aromatic carbocycles. The lowest BCUT2D eigenvalue weighted by molar-refractivity contribution is -0.223.